The first-order valence-corrected chi connectivity index (χ1v) is 14.4. The Morgan fingerprint density at radius 2 is 1.88 bits per heavy atom. The molecule has 2 atom stereocenters. The molecular weight excluding hydrogens is 593 g/mol. The number of esters is 1. The predicted molar refractivity (Wildman–Crippen MR) is 156 cm³/mol. The summed E-state index contributed by atoms with van der Waals surface area (Å²) in [4.78, 5) is 26.8. The summed E-state index contributed by atoms with van der Waals surface area (Å²) in [5.74, 6) is -1.04. The van der Waals surface area contributed by atoms with E-state index in [1.165, 1.54) is 11.0 Å². The van der Waals surface area contributed by atoms with Gasteiger partial charge >= 0.3 is 12.1 Å². The molecule has 3 aromatic carbocycles. The van der Waals surface area contributed by atoms with Crippen LogP contribution in [0, 0.1) is 12.7 Å². The quantitative estimate of drug-likeness (QED) is 0.220. The molecule has 7 nitrogen and oxygen atoms in total. The lowest BCUT2D eigenvalue weighted by Gasteiger charge is -2.22. The van der Waals surface area contributed by atoms with Gasteiger partial charge in [-0.2, -0.15) is 0 Å². The summed E-state index contributed by atoms with van der Waals surface area (Å²) in [6, 6.07) is 18.3. The Hall–Kier alpha value is -3.43. The average Bonchev–Trinajstić information content (AvgIpc) is 3.46. The van der Waals surface area contributed by atoms with Crippen molar-refractivity contribution in [2.24, 2.45) is 0 Å². The zero-order valence-corrected chi connectivity index (χ0v) is 25.1. The smallest absolute Gasteiger partial charge is 0.410 e. The molecule has 0 spiro atoms. The summed E-state index contributed by atoms with van der Waals surface area (Å²) < 4.78 is 38.7. The summed E-state index contributed by atoms with van der Waals surface area (Å²) in [6.45, 7) is 5.25. The zero-order valence-electron chi connectivity index (χ0n) is 23.5. The molecule has 0 aliphatic carbocycles. The van der Waals surface area contributed by atoms with Gasteiger partial charge in [-0.15, -0.1) is 0 Å². The van der Waals surface area contributed by atoms with Crippen LogP contribution in [0.25, 0.3) is 0 Å². The van der Waals surface area contributed by atoms with Gasteiger partial charge in [0.15, 0.2) is 11.6 Å². The van der Waals surface area contributed by atoms with Crippen molar-refractivity contribution in [1.82, 2.24) is 4.90 Å². The SMILES string of the molecule is Cc1cc(Br)ccc1[C@@H](C)COC(=O)Cc1cc(F)c(O[C@H]2CCOC2)c(CN(C)C(=O)OCc2ccccc2)c1. The number of amides is 1. The van der Waals surface area contributed by atoms with Crippen LogP contribution in [0.5, 0.6) is 5.75 Å². The van der Waals surface area contributed by atoms with Gasteiger partial charge in [-0.05, 0) is 53.4 Å². The van der Waals surface area contributed by atoms with Gasteiger partial charge < -0.3 is 23.8 Å². The Morgan fingerprint density at radius 3 is 2.59 bits per heavy atom. The van der Waals surface area contributed by atoms with Gasteiger partial charge in [0.2, 0.25) is 0 Å². The molecule has 1 saturated heterocycles. The van der Waals surface area contributed by atoms with Gasteiger partial charge in [0, 0.05) is 29.4 Å². The molecule has 1 fully saturated rings. The van der Waals surface area contributed by atoms with E-state index in [1.807, 2.05) is 62.4 Å². The van der Waals surface area contributed by atoms with E-state index in [2.05, 4.69) is 15.9 Å². The first-order chi connectivity index (χ1) is 19.7. The Kier molecular flexibility index (Phi) is 10.8. The molecule has 0 bridgehead atoms. The molecule has 1 aliphatic rings. The second-order valence-electron chi connectivity index (χ2n) is 10.3. The van der Waals surface area contributed by atoms with Crippen molar-refractivity contribution in [2.45, 2.75) is 51.9 Å². The van der Waals surface area contributed by atoms with E-state index in [0.717, 1.165) is 21.2 Å². The van der Waals surface area contributed by atoms with Crippen LogP contribution in [-0.2, 0) is 38.6 Å². The summed E-state index contributed by atoms with van der Waals surface area (Å²) in [5.41, 5.74) is 3.91. The number of nitrogens with zero attached hydrogens (tertiary/aromatic N) is 1. The number of hydrogen-bond acceptors (Lipinski definition) is 6. The van der Waals surface area contributed by atoms with E-state index in [0.29, 0.717) is 30.8 Å². The van der Waals surface area contributed by atoms with Gasteiger partial charge in [0.1, 0.15) is 12.7 Å². The summed E-state index contributed by atoms with van der Waals surface area (Å²) in [5, 5.41) is 0. The van der Waals surface area contributed by atoms with Crippen LogP contribution in [0.4, 0.5) is 9.18 Å². The second kappa shape index (κ2) is 14.5. The highest BCUT2D eigenvalue weighted by molar-refractivity contribution is 9.10. The largest absolute Gasteiger partial charge is 0.484 e. The Labute approximate surface area is 248 Å². The number of halogens is 2. The minimum Gasteiger partial charge on any atom is -0.484 e. The van der Waals surface area contributed by atoms with E-state index >= 15 is 4.39 Å². The number of hydrogen-bond donors (Lipinski definition) is 0. The topological polar surface area (TPSA) is 74.3 Å². The van der Waals surface area contributed by atoms with E-state index < -0.39 is 17.9 Å². The van der Waals surface area contributed by atoms with Crippen LogP contribution in [0.3, 0.4) is 0 Å². The predicted octanol–water partition coefficient (Wildman–Crippen LogP) is 6.72. The maximum absolute atomic E-state index is 15.4. The number of aryl methyl sites for hydroxylation is 1. The monoisotopic (exact) mass is 627 g/mol. The molecule has 0 aromatic heterocycles. The van der Waals surface area contributed by atoms with Crippen molar-refractivity contribution < 1.29 is 32.9 Å². The number of ether oxygens (including phenoxy) is 4. The standard InChI is InChI=1S/C32H35BrFNO6/c1-21-13-26(33)9-10-28(21)22(2)18-39-30(36)16-24-14-25(31(29(34)15-24)41-27-11-12-38-20-27)17-35(3)32(37)40-19-23-7-5-4-6-8-23/h4-10,13-15,22,27H,11-12,16-20H2,1-3H3/t22-,27-/m0/s1. The molecule has 9 heteroatoms. The number of carbonyl (C=O) groups is 2. The van der Waals surface area contributed by atoms with E-state index in [9.17, 15) is 9.59 Å². The Morgan fingerprint density at radius 1 is 1.10 bits per heavy atom. The molecule has 1 heterocycles. The van der Waals surface area contributed by atoms with Crippen LogP contribution >= 0.6 is 15.9 Å². The number of benzene rings is 3. The van der Waals surface area contributed by atoms with Gasteiger partial charge in [-0.3, -0.25) is 4.79 Å². The van der Waals surface area contributed by atoms with Crippen molar-refractivity contribution in [3.8, 4) is 5.75 Å². The minimum atomic E-state index is -0.609. The summed E-state index contributed by atoms with van der Waals surface area (Å²) in [6.07, 6.45) is -0.340. The highest BCUT2D eigenvalue weighted by Gasteiger charge is 2.24. The first kappa shape index (κ1) is 30.5. The maximum Gasteiger partial charge on any atom is 0.410 e. The fourth-order valence-corrected chi connectivity index (χ4v) is 5.18. The number of rotatable bonds is 11. The van der Waals surface area contributed by atoms with Gasteiger partial charge in [-0.1, -0.05) is 59.3 Å². The van der Waals surface area contributed by atoms with Crippen LogP contribution in [0.15, 0.2) is 65.1 Å². The third-order valence-corrected chi connectivity index (χ3v) is 7.38. The third kappa shape index (κ3) is 8.78. The molecular formula is C32H35BrFNO6. The van der Waals surface area contributed by atoms with Crippen LogP contribution in [0.2, 0.25) is 0 Å². The lowest BCUT2D eigenvalue weighted by molar-refractivity contribution is -0.143. The molecule has 0 N–H and O–H groups in total. The van der Waals surface area contributed by atoms with Crippen molar-refractivity contribution >= 4 is 28.0 Å². The third-order valence-electron chi connectivity index (χ3n) is 6.88. The van der Waals surface area contributed by atoms with Gasteiger partial charge in [0.25, 0.3) is 0 Å². The molecule has 0 radical (unpaired) electrons. The first-order valence-electron chi connectivity index (χ1n) is 13.6. The Balaban J connectivity index is 1.43. The molecule has 0 saturated carbocycles. The molecule has 3 aromatic rings. The highest BCUT2D eigenvalue weighted by Crippen LogP contribution is 2.29. The fraction of sp³-hybridized carbons (Fsp3) is 0.375. The van der Waals surface area contributed by atoms with E-state index in [1.54, 1.807) is 13.1 Å². The maximum atomic E-state index is 15.4. The Bertz CT molecular complexity index is 1350. The number of carbonyl (C=O) groups excluding carboxylic acids is 2. The van der Waals surface area contributed by atoms with Gasteiger partial charge in [-0.25, -0.2) is 9.18 Å². The van der Waals surface area contributed by atoms with Gasteiger partial charge in [0.05, 0.1) is 32.8 Å². The fourth-order valence-electron chi connectivity index (χ4n) is 4.70. The average molecular weight is 629 g/mol. The van der Waals surface area contributed by atoms with Crippen LogP contribution in [0.1, 0.15) is 47.1 Å². The highest BCUT2D eigenvalue weighted by atomic mass is 79.9. The zero-order chi connectivity index (χ0) is 29.4. The second-order valence-corrected chi connectivity index (χ2v) is 11.2. The molecule has 4 rings (SSSR count). The summed E-state index contributed by atoms with van der Waals surface area (Å²) >= 11 is 3.47. The summed E-state index contributed by atoms with van der Waals surface area (Å²) in [7, 11) is 1.57. The van der Waals surface area contributed by atoms with Crippen LogP contribution < -0.4 is 4.74 Å². The van der Waals surface area contributed by atoms with Crippen molar-refractivity contribution in [3.05, 3.63) is 98.8 Å². The van der Waals surface area contributed by atoms with E-state index in [-0.39, 0.29) is 44.0 Å². The van der Waals surface area contributed by atoms with Crippen molar-refractivity contribution in [2.75, 3.05) is 26.9 Å². The molecule has 1 amide bonds. The molecule has 218 valence electrons. The lowest BCUT2D eigenvalue weighted by Crippen LogP contribution is -2.28. The van der Waals surface area contributed by atoms with Crippen LogP contribution in [-0.4, -0.2) is 49.9 Å². The van der Waals surface area contributed by atoms with Crippen molar-refractivity contribution in [1.29, 1.82) is 0 Å². The van der Waals surface area contributed by atoms with Crippen molar-refractivity contribution in [3.63, 3.8) is 0 Å². The normalized spacial score (nSPS) is 15.3. The molecule has 41 heavy (non-hydrogen) atoms. The molecule has 0 unspecified atom stereocenters. The lowest BCUT2D eigenvalue weighted by atomic mass is 9.97. The van der Waals surface area contributed by atoms with E-state index in [4.69, 9.17) is 18.9 Å². The minimum absolute atomic E-state index is 0.000647. The molecule has 1 aliphatic heterocycles.